The van der Waals surface area contributed by atoms with Crippen LogP contribution in [0.3, 0.4) is 0 Å². The first-order valence-corrected chi connectivity index (χ1v) is 10.0. The van der Waals surface area contributed by atoms with Crippen LogP contribution in [0.4, 0.5) is 18.9 Å². The lowest BCUT2D eigenvalue weighted by Crippen LogP contribution is -2.63. The van der Waals surface area contributed by atoms with E-state index in [1.54, 1.807) is 7.11 Å². The fraction of sp³-hybridized carbons (Fsp3) is 0.619. The second-order valence-electron chi connectivity index (χ2n) is 8.68. The molecule has 0 aliphatic heterocycles. The van der Waals surface area contributed by atoms with E-state index < -0.39 is 29.2 Å². The van der Waals surface area contributed by atoms with Gasteiger partial charge in [-0.25, -0.2) is 0 Å². The van der Waals surface area contributed by atoms with Crippen LogP contribution in [0.25, 0.3) is 0 Å². The summed E-state index contributed by atoms with van der Waals surface area (Å²) >= 11 is 0. The molecule has 0 heterocycles. The van der Waals surface area contributed by atoms with E-state index >= 15 is 0 Å². The zero-order valence-electron chi connectivity index (χ0n) is 16.2. The van der Waals surface area contributed by atoms with E-state index in [0.29, 0.717) is 11.8 Å². The minimum absolute atomic E-state index is 0.0731. The van der Waals surface area contributed by atoms with Crippen molar-refractivity contribution in [3.8, 4) is 0 Å². The van der Waals surface area contributed by atoms with Gasteiger partial charge in [-0.05, 0) is 74.0 Å². The highest BCUT2D eigenvalue weighted by Crippen LogP contribution is 2.59. The Morgan fingerprint density at radius 1 is 1.07 bits per heavy atom. The second kappa shape index (κ2) is 7.31. The molecule has 2 amide bonds. The summed E-state index contributed by atoms with van der Waals surface area (Å²) in [6, 6.07) is 4.21. The van der Waals surface area contributed by atoms with Crippen LogP contribution < -0.4 is 10.6 Å². The van der Waals surface area contributed by atoms with Gasteiger partial charge in [0.25, 0.3) is 0 Å². The van der Waals surface area contributed by atoms with E-state index in [9.17, 15) is 22.8 Å². The van der Waals surface area contributed by atoms with Crippen molar-refractivity contribution in [2.45, 2.75) is 43.9 Å². The summed E-state index contributed by atoms with van der Waals surface area (Å²) in [7, 11) is 1.66. The van der Waals surface area contributed by atoms with Gasteiger partial charge in [-0.3, -0.25) is 9.59 Å². The van der Waals surface area contributed by atoms with Crippen LogP contribution in [0, 0.1) is 23.7 Å². The summed E-state index contributed by atoms with van der Waals surface area (Å²) in [4.78, 5) is 24.5. The third-order valence-corrected chi connectivity index (χ3v) is 7.08. The molecule has 158 valence electrons. The van der Waals surface area contributed by atoms with E-state index in [1.165, 1.54) is 18.6 Å². The molecule has 5 nitrogen and oxygen atoms in total. The maximum Gasteiger partial charge on any atom is 0.416 e. The molecular weight excluding hydrogens is 385 g/mol. The Balaban J connectivity index is 1.39. The van der Waals surface area contributed by atoms with Crippen LogP contribution in [0.2, 0.25) is 0 Å². The van der Waals surface area contributed by atoms with Crippen LogP contribution in [0.5, 0.6) is 0 Å². The van der Waals surface area contributed by atoms with Crippen molar-refractivity contribution in [1.82, 2.24) is 5.32 Å². The molecular formula is C21H25F3N2O3. The Kier molecular flexibility index (Phi) is 5.09. The summed E-state index contributed by atoms with van der Waals surface area (Å²) in [5, 5.41) is 4.91. The van der Waals surface area contributed by atoms with Crippen LogP contribution in [0.1, 0.15) is 37.7 Å². The zero-order chi connectivity index (χ0) is 20.8. The van der Waals surface area contributed by atoms with Crippen LogP contribution in [-0.2, 0) is 20.5 Å². The number of nitrogens with one attached hydrogen (secondary N) is 2. The number of carbonyl (C=O) groups is 2. The molecule has 4 bridgehead atoms. The molecule has 5 rings (SSSR count). The number of rotatable bonds is 4. The van der Waals surface area contributed by atoms with Crippen molar-refractivity contribution in [1.29, 1.82) is 0 Å². The first kappa shape index (κ1) is 20.2. The lowest BCUT2D eigenvalue weighted by molar-refractivity contribution is -0.188. The highest BCUT2D eigenvalue weighted by molar-refractivity contribution is 6.39. The molecule has 4 aliphatic rings. The monoisotopic (exact) mass is 410 g/mol. The number of hydrogen-bond acceptors (Lipinski definition) is 3. The number of ether oxygens (including phenoxy) is 1. The van der Waals surface area contributed by atoms with Crippen molar-refractivity contribution >= 4 is 17.5 Å². The topological polar surface area (TPSA) is 67.4 Å². The number of carbonyl (C=O) groups excluding carboxylic acids is 2. The maximum absolute atomic E-state index is 12.8. The molecule has 4 saturated carbocycles. The summed E-state index contributed by atoms with van der Waals surface area (Å²) < 4.78 is 44.4. The molecule has 29 heavy (non-hydrogen) atoms. The third kappa shape index (κ3) is 3.74. The van der Waals surface area contributed by atoms with Crippen LogP contribution >= 0.6 is 0 Å². The highest BCUT2D eigenvalue weighted by Gasteiger charge is 2.57. The Labute approximate surface area is 167 Å². The highest BCUT2D eigenvalue weighted by atomic mass is 19.4. The molecule has 0 radical (unpaired) electrons. The molecule has 0 atom stereocenters. The lowest BCUT2D eigenvalue weighted by atomic mass is 9.49. The molecule has 0 aromatic heterocycles. The number of hydrogen-bond donors (Lipinski definition) is 2. The molecule has 1 aromatic rings. The molecule has 2 N–H and O–H groups in total. The van der Waals surface area contributed by atoms with Gasteiger partial charge in [0.15, 0.2) is 0 Å². The maximum atomic E-state index is 12.8. The number of benzene rings is 1. The van der Waals surface area contributed by atoms with E-state index in [0.717, 1.165) is 49.7 Å². The van der Waals surface area contributed by atoms with Crippen LogP contribution in [-0.4, -0.2) is 31.1 Å². The SMILES string of the molecule is COC1(CNC(=O)C(=O)Nc2cccc(C(F)(F)F)c2)C2CC3CC(C2)CC1C3. The molecule has 4 fully saturated rings. The normalized spacial score (nSPS) is 32.8. The van der Waals surface area contributed by atoms with Gasteiger partial charge in [0.1, 0.15) is 0 Å². The lowest BCUT2D eigenvalue weighted by Gasteiger charge is -2.60. The fourth-order valence-electron chi connectivity index (χ4n) is 5.94. The first-order valence-electron chi connectivity index (χ1n) is 10.0. The van der Waals surface area contributed by atoms with Crippen molar-refractivity contribution in [2.24, 2.45) is 23.7 Å². The molecule has 0 spiro atoms. The van der Waals surface area contributed by atoms with Gasteiger partial charge in [0, 0.05) is 19.3 Å². The zero-order valence-corrected chi connectivity index (χ0v) is 16.2. The molecule has 1 aromatic carbocycles. The number of halogens is 3. The van der Waals surface area contributed by atoms with E-state index in [4.69, 9.17) is 4.74 Å². The smallest absolute Gasteiger partial charge is 0.376 e. The quantitative estimate of drug-likeness (QED) is 0.746. The van der Waals surface area contributed by atoms with Crippen molar-refractivity contribution < 1.29 is 27.5 Å². The van der Waals surface area contributed by atoms with Gasteiger partial charge >= 0.3 is 18.0 Å². The van der Waals surface area contributed by atoms with E-state index in [-0.39, 0.29) is 12.2 Å². The first-order chi connectivity index (χ1) is 13.7. The summed E-state index contributed by atoms with van der Waals surface area (Å²) in [6.45, 7) is 0.243. The van der Waals surface area contributed by atoms with Crippen LogP contribution in [0.15, 0.2) is 24.3 Å². The van der Waals surface area contributed by atoms with Crippen molar-refractivity contribution in [3.63, 3.8) is 0 Å². The van der Waals surface area contributed by atoms with Crippen molar-refractivity contribution in [3.05, 3.63) is 29.8 Å². The fourth-order valence-corrected chi connectivity index (χ4v) is 5.94. The number of anilines is 1. The Hall–Kier alpha value is -2.09. The molecule has 0 saturated heterocycles. The van der Waals surface area contributed by atoms with Gasteiger partial charge in [0.2, 0.25) is 0 Å². The summed E-state index contributed by atoms with van der Waals surface area (Å²) in [5.74, 6) is 0.361. The average molecular weight is 410 g/mol. The largest absolute Gasteiger partial charge is 0.416 e. The molecule has 8 heteroatoms. The Morgan fingerprint density at radius 3 is 2.24 bits per heavy atom. The predicted molar refractivity (Wildman–Crippen MR) is 99.9 cm³/mol. The van der Waals surface area contributed by atoms with Gasteiger partial charge in [-0.2, -0.15) is 13.2 Å². The molecule has 4 aliphatic carbocycles. The summed E-state index contributed by atoms with van der Waals surface area (Å²) in [6.07, 6.45) is 1.13. The average Bonchev–Trinajstić information content (AvgIpc) is 2.67. The third-order valence-electron chi connectivity index (χ3n) is 7.08. The van der Waals surface area contributed by atoms with E-state index in [2.05, 4.69) is 10.6 Å². The number of alkyl halides is 3. The molecule has 0 unspecified atom stereocenters. The van der Waals surface area contributed by atoms with Gasteiger partial charge in [0.05, 0.1) is 11.2 Å². The summed E-state index contributed by atoms with van der Waals surface area (Å²) in [5.41, 5.74) is -1.42. The van der Waals surface area contributed by atoms with E-state index in [1.807, 2.05) is 0 Å². The number of methoxy groups -OCH3 is 1. The minimum atomic E-state index is -4.52. The van der Waals surface area contributed by atoms with Gasteiger partial charge < -0.3 is 15.4 Å². The number of amides is 2. The van der Waals surface area contributed by atoms with Gasteiger partial charge in [-0.1, -0.05) is 6.07 Å². The Morgan fingerprint density at radius 2 is 1.69 bits per heavy atom. The van der Waals surface area contributed by atoms with Crippen molar-refractivity contribution in [2.75, 3.05) is 19.0 Å². The Bertz CT molecular complexity index is 781. The van der Waals surface area contributed by atoms with Gasteiger partial charge in [-0.15, -0.1) is 0 Å². The minimum Gasteiger partial charge on any atom is -0.376 e. The standard InChI is InChI=1S/C21H25F3N2O3/c1-29-20(15-6-12-5-13(8-15)9-16(20)7-12)11-25-18(27)19(28)26-17-4-2-3-14(10-17)21(22,23)24/h2-4,10,12-13,15-16H,5-9,11H2,1H3,(H,25,27)(H,26,28). The second-order valence-corrected chi connectivity index (χ2v) is 8.68. The predicted octanol–water partition coefficient (Wildman–Crippen LogP) is 3.60.